The van der Waals surface area contributed by atoms with E-state index in [1.54, 1.807) is 25.1 Å². The fraction of sp³-hybridized carbons (Fsp3) is 0.259. The Morgan fingerprint density at radius 2 is 1.77 bits per heavy atom. The Labute approximate surface area is 206 Å². The molecule has 0 N–H and O–H groups in total. The fourth-order valence-corrected chi connectivity index (χ4v) is 4.25. The highest BCUT2D eigenvalue weighted by atomic mass is 35.5. The van der Waals surface area contributed by atoms with Gasteiger partial charge in [0.25, 0.3) is 0 Å². The molecule has 0 amide bonds. The van der Waals surface area contributed by atoms with Gasteiger partial charge in [-0.3, -0.25) is 0 Å². The molecule has 8 heteroatoms. The number of hydrogen-bond donors (Lipinski definition) is 0. The summed E-state index contributed by atoms with van der Waals surface area (Å²) in [5.74, 6) is -0.320. The molecule has 35 heavy (non-hydrogen) atoms. The lowest BCUT2D eigenvalue weighted by atomic mass is 9.98. The molecule has 182 valence electrons. The van der Waals surface area contributed by atoms with Gasteiger partial charge in [0.15, 0.2) is 0 Å². The summed E-state index contributed by atoms with van der Waals surface area (Å²) in [4.78, 5) is 16.5. The number of nitrogens with zero attached hydrogens (tertiary/aromatic N) is 1. The molecule has 4 rings (SSSR count). The topological polar surface area (TPSA) is 48.4 Å². The van der Waals surface area contributed by atoms with Crippen LogP contribution >= 0.6 is 11.6 Å². The van der Waals surface area contributed by atoms with E-state index < -0.39 is 17.7 Å². The lowest BCUT2D eigenvalue weighted by molar-refractivity contribution is -0.137. The van der Waals surface area contributed by atoms with Crippen molar-refractivity contribution in [1.82, 2.24) is 4.98 Å². The van der Waals surface area contributed by atoms with Crippen LogP contribution in [0.25, 0.3) is 11.1 Å². The lowest BCUT2D eigenvalue weighted by Crippen LogP contribution is -2.13. The maximum atomic E-state index is 13.6. The predicted octanol–water partition coefficient (Wildman–Crippen LogP) is 7.60. The summed E-state index contributed by atoms with van der Waals surface area (Å²) in [5.41, 5.74) is 1.90. The summed E-state index contributed by atoms with van der Waals surface area (Å²) >= 11 is 6.29. The quantitative estimate of drug-likeness (QED) is 0.313. The van der Waals surface area contributed by atoms with Gasteiger partial charge in [-0.1, -0.05) is 41.9 Å². The van der Waals surface area contributed by atoms with Crippen molar-refractivity contribution in [3.63, 3.8) is 0 Å². The van der Waals surface area contributed by atoms with E-state index in [1.807, 2.05) is 30.3 Å². The highest BCUT2D eigenvalue weighted by Gasteiger charge is 2.33. The van der Waals surface area contributed by atoms with Crippen LogP contribution in [0, 0.1) is 0 Å². The molecule has 0 unspecified atom stereocenters. The monoisotopic (exact) mass is 501 g/mol. The molecule has 1 aromatic heterocycles. The molecule has 0 bridgehead atoms. The van der Waals surface area contributed by atoms with Crippen molar-refractivity contribution in [3.05, 3.63) is 93.8 Å². The normalized spacial score (nSPS) is 13.7. The lowest BCUT2D eigenvalue weighted by Gasteiger charge is -2.16. The maximum Gasteiger partial charge on any atom is 0.416 e. The van der Waals surface area contributed by atoms with Gasteiger partial charge in [-0.05, 0) is 73.2 Å². The van der Waals surface area contributed by atoms with Crippen LogP contribution < -0.4 is 4.74 Å². The molecule has 0 saturated carbocycles. The number of benzene rings is 2. The molecular formula is C27H23ClF3NO3. The summed E-state index contributed by atoms with van der Waals surface area (Å²) in [5, 5.41) is 0.482. The van der Waals surface area contributed by atoms with Crippen LogP contribution in [0.3, 0.4) is 0 Å². The minimum absolute atomic E-state index is 0.0324. The number of aromatic nitrogens is 1. The number of esters is 1. The fourth-order valence-electron chi connectivity index (χ4n) is 4.08. The number of pyridine rings is 1. The van der Waals surface area contributed by atoms with Gasteiger partial charge >= 0.3 is 12.1 Å². The number of carbonyl (C=O) groups is 1. The standard InChI is InChI=1S/C27H23ClF3NO3/c1-2-34-26(33)24-14-18(27(29,30)31)13-23(32-24)21-10-6-9-20(21)22-15-19(28)11-12-25(22)35-16-17-7-4-3-5-8-17/h3-5,7-8,11-15H,2,6,9-10,16H2,1H3. The van der Waals surface area contributed by atoms with Crippen LogP contribution in [0.2, 0.25) is 5.02 Å². The van der Waals surface area contributed by atoms with E-state index in [0.29, 0.717) is 41.4 Å². The van der Waals surface area contributed by atoms with E-state index in [-0.39, 0.29) is 18.0 Å². The first-order valence-electron chi connectivity index (χ1n) is 11.2. The Morgan fingerprint density at radius 1 is 1.03 bits per heavy atom. The molecule has 0 atom stereocenters. The van der Waals surface area contributed by atoms with E-state index in [0.717, 1.165) is 29.7 Å². The first kappa shape index (κ1) is 24.8. The van der Waals surface area contributed by atoms with Crippen molar-refractivity contribution in [1.29, 1.82) is 0 Å². The molecule has 1 heterocycles. The van der Waals surface area contributed by atoms with Crippen molar-refractivity contribution in [3.8, 4) is 5.75 Å². The molecule has 0 spiro atoms. The first-order chi connectivity index (χ1) is 16.8. The number of rotatable bonds is 7. The zero-order valence-electron chi connectivity index (χ0n) is 19.0. The largest absolute Gasteiger partial charge is 0.488 e. The maximum absolute atomic E-state index is 13.6. The Kier molecular flexibility index (Phi) is 7.45. The number of hydrogen-bond acceptors (Lipinski definition) is 4. The van der Waals surface area contributed by atoms with Crippen LogP contribution in [0.15, 0.2) is 60.7 Å². The minimum atomic E-state index is -4.64. The second-order valence-corrected chi connectivity index (χ2v) is 8.51. The molecule has 4 nitrogen and oxygen atoms in total. The van der Waals surface area contributed by atoms with Crippen molar-refractivity contribution in [2.45, 2.75) is 39.0 Å². The van der Waals surface area contributed by atoms with E-state index in [2.05, 4.69) is 4.98 Å². The van der Waals surface area contributed by atoms with Gasteiger partial charge in [0.2, 0.25) is 0 Å². The SMILES string of the molecule is CCOC(=O)c1cc(C(F)(F)F)cc(C2=C(c3cc(Cl)ccc3OCc3ccccc3)CCC2)n1. The van der Waals surface area contributed by atoms with Crippen molar-refractivity contribution in [2.75, 3.05) is 6.61 Å². The highest BCUT2D eigenvalue weighted by Crippen LogP contribution is 2.44. The summed E-state index contributed by atoms with van der Waals surface area (Å²) in [6, 6.07) is 16.6. The number of carbonyl (C=O) groups excluding carboxylic acids is 1. The second kappa shape index (κ2) is 10.5. The summed E-state index contributed by atoms with van der Waals surface area (Å²) in [6.45, 7) is 1.94. The summed E-state index contributed by atoms with van der Waals surface area (Å²) < 4.78 is 51.9. The molecule has 0 radical (unpaired) electrons. The van der Waals surface area contributed by atoms with Gasteiger partial charge in [0, 0.05) is 10.6 Å². The van der Waals surface area contributed by atoms with Crippen LogP contribution in [-0.2, 0) is 17.5 Å². The van der Waals surface area contributed by atoms with Crippen molar-refractivity contribution >= 4 is 28.7 Å². The third-order valence-corrected chi connectivity index (χ3v) is 5.90. The summed E-state index contributed by atoms with van der Waals surface area (Å²) in [6.07, 6.45) is -2.79. The third kappa shape index (κ3) is 5.85. The van der Waals surface area contributed by atoms with Crippen molar-refractivity contribution < 1.29 is 27.4 Å². The molecule has 0 aliphatic heterocycles. The second-order valence-electron chi connectivity index (χ2n) is 8.07. The molecule has 1 aliphatic carbocycles. The van der Waals surface area contributed by atoms with Gasteiger partial charge < -0.3 is 9.47 Å². The van der Waals surface area contributed by atoms with E-state index in [1.165, 1.54) is 0 Å². The van der Waals surface area contributed by atoms with Crippen LogP contribution in [0.5, 0.6) is 5.75 Å². The molecule has 0 saturated heterocycles. The molecular weight excluding hydrogens is 479 g/mol. The average molecular weight is 502 g/mol. The number of halogens is 4. The third-order valence-electron chi connectivity index (χ3n) is 5.67. The Morgan fingerprint density at radius 3 is 2.49 bits per heavy atom. The number of ether oxygens (including phenoxy) is 2. The Hall–Kier alpha value is -3.32. The van der Waals surface area contributed by atoms with Gasteiger partial charge in [-0.25, -0.2) is 9.78 Å². The van der Waals surface area contributed by atoms with Gasteiger partial charge in [-0.2, -0.15) is 13.2 Å². The minimum Gasteiger partial charge on any atom is -0.488 e. The predicted molar refractivity (Wildman–Crippen MR) is 128 cm³/mol. The number of allylic oxidation sites excluding steroid dienone is 2. The van der Waals surface area contributed by atoms with Crippen LogP contribution in [0.4, 0.5) is 13.2 Å². The smallest absolute Gasteiger partial charge is 0.416 e. The van der Waals surface area contributed by atoms with Crippen LogP contribution in [0.1, 0.15) is 59.1 Å². The zero-order chi connectivity index (χ0) is 25.0. The van der Waals surface area contributed by atoms with E-state index >= 15 is 0 Å². The van der Waals surface area contributed by atoms with Crippen LogP contribution in [-0.4, -0.2) is 17.6 Å². The molecule has 1 aliphatic rings. The Balaban J connectivity index is 1.79. The highest BCUT2D eigenvalue weighted by molar-refractivity contribution is 6.30. The Bertz CT molecular complexity index is 1260. The van der Waals surface area contributed by atoms with Gasteiger partial charge in [0.05, 0.1) is 17.9 Å². The van der Waals surface area contributed by atoms with E-state index in [4.69, 9.17) is 21.1 Å². The molecule has 3 aromatic rings. The molecule has 0 fully saturated rings. The van der Waals surface area contributed by atoms with E-state index in [9.17, 15) is 18.0 Å². The average Bonchev–Trinajstić information content (AvgIpc) is 3.33. The van der Waals surface area contributed by atoms with Gasteiger partial charge in [0.1, 0.15) is 18.1 Å². The van der Waals surface area contributed by atoms with Gasteiger partial charge in [-0.15, -0.1) is 0 Å². The number of alkyl halides is 3. The summed E-state index contributed by atoms with van der Waals surface area (Å²) in [7, 11) is 0. The molecule has 2 aromatic carbocycles. The first-order valence-corrected chi connectivity index (χ1v) is 11.6. The van der Waals surface area contributed by atoms with Crippen molar-refractivity contribution in [2.24, 2.45) is 0 Å². The zero-order valence-corrected chi connectivity index (χ0v) is 19.7.